The van der Waals surface area contributed by atoms with Crippen LogP contribution in [0.5, 0.6) is 0 Å². The third kappa shape index (κ3) is 2.63. The SMILES string of the molecule is NCC(=O)N1CCC[C@H]1C(=O)[C@H]1CCC[C@H]1C(=O)O. The monoisotopic (exact) mass is 268 g/mol. The number of nitrogens with two attached hydrogens (primary N) is 1. The molecule has 1 heterocycles. The lowest BCUT2D eigenvalue weighted by atomic mass is 9.87. The summed E-state index contributed by atoms with van der Waals surface area (Å²) >= 11 is 0. The standard InChI is InChI=1S/C13H20N2O4/c14-7-11(16)15-6-2-5-10(15)12(17)8-3-1-4-9(8)13(18)19/h8-10H,1-7,14H2,(H,18,19)/t8-,9+,10-/m0/s1. The van der Waals surface area contributed by atoms with Crippen molar-refractivity contribution in [3.05, 3.63) is 0 Å². The van der Waals surface area contributed by atoms with Gasteiger partial charge in [-0.1, -0.05) is 6.42 Å². The van der Waals surface area contributed by atoms with E-state index in [0.29, 0.717) is 25.8 Å². The van der Waals surface area contributed by atoms with Crippen LogP contribution in [-0.2, 0) is 14.4 Å². The molecule has 19 heavy (non-hydrogen) atoms. The molecule has 0 aromatic rings. The predicted molar refractivity (Wildman–Crippen MR) is 67.3 cm³/mol. The minimum Gasteiger partial charge on any atom is -0.481 e. The summed E-state index contributed by atoms with van der Waals surface area (Å²) < 4.78 is 0. The van der Waals surface area contributed by atoms with Crippen LogP contribution in [0.2, 0.25) is 0 Å². The number of amides is 1. The van der Waals surface area contributed by atoms with Gasteiger partial charge in [0.2, 0.25) is 5.91 Å². The minimum atomic E-state index is -0.898. The van der Waals surface area contributed by atoms with Crippen molar-refractivity contribution in [2.75, 3.05) is 13.1 Å². The molecule has 6 nitrogen and oxygen atoms in total. The van der Waals surface area contributed by atoms with E-state index in [1.807, 2.05) is 0 Å². The topological polar surface area (TPSA) is 101 Å². The van der Waals surface area contributed by atoms with Crippen molar-refractivity contribution in [2.45, 2.75) is 38.1 Å². The fourth-order valence-corrected chi connectivity index (χ4v) is 3.32. The van der Waals surface area contributed by atoms with Gasteiger partial charge in [0, 0.05) is 12.5 Å². The first-order valence-corrected chi connectivity index (χ1v) is 6.82. The molecule has 0 radical (unpaired) electrons. The van der Waals surface area contributed by atoms with Crippen molar-refractivity contribution < 1.29 is 19.5 Å². The number of carbonyl (C=O) groups is 3. The van der Waals surface area contributed by atoms with Gasteiger partial charge in [-0.15, -0.1) is 0 Å². The number of Topliss-reactive ketones (excluding diaryl/α,β-unsaturated/α-hetero) is 1. The van der Waals surface area contributed by atoms with E-state index >= 15 is 0 Å². The third-order valence-electron chi connectivity index (χ3n) is 4.27. The van der Waals surface area contributed by atoms with E-state index in [1.165, 1.54) is 4.90 Å². The zero-order chi connectivity index (χ0) is 14.0. The van der Waals surface area contributed by atoms with Crippen LogP contribution in [0.15, 0.2) is 0 Å². The lowest BCUT2D eigenvalue weighted by Gasteiger charge is -2.26. The Kier molecular flexibility index (Phi) is 4.19. The van der Waals surface area contributed by atoms with Gasteiger partial charge in [-0.05, 0) is 25.7 Å². The fraction of sp³-hybridized carbons (Fsp3) is 0.769. The lowest BCUT2D eigenvalue weighted by molar-refractivity contribution is -0.147. The van der Waals surface area contributed by atoms with Gasteiger partial charge in [-0.3, -0.25) is 14.4 Å². The highest BCUT2D eigenvalue weighted by molar-refractivity contribution is 5.94. The molecule has 3 N–H and O–H groups in total. The molecule has 2 aliphatic rings. The Morgan fingerprint density at radius 3 is 2.42 bits per heavy atom. The van der Waals surface area contributed by atoms with Crippen LogP contribution in [0.1, 0.15) is 32.1 Å². The van der Waals surface area contributed by atoms with Gasteiger partial charge in [0.05, 0.1) is 18.5 Å². The van der Waals surface area contributed by atoms with Crippen molar-refractivity contribution in [3.8, 4) is 0 Å². The summed E-state index contributed by atoms with van der Waals surface area (Å²) in [4.78, 5) is 36.9. The molecule has 2 rings (SSSR count). The second-order valence-corrected chi connectivity index (χ2v) is 5.33. The highest BCUT2D eigenvalue weighted by Crippen LogP contribution is 2.35. The Bertz CT molecular complexity index is 396. The molecule has 0 spiro atoms. The lowest BCUT2D eigenvalue weighted by Crippen LogP contribution is -2.46. The van der Waals surface area contributed by atoms with Crippen molar-refractivity contribution >= 4 is 17.7 Å². The second kappa shape index (κ2) is 5.69. The fourth-order valence-electron chi connectivity index (χ4n) is 3.32. The van der Waals surface area contributed by atoms with E-state index in [2.05, 4.69) is 0 Å². The van der Waals surface area contributed by atoms with Crippen molar-refractivity contribution in [2.24, 2.45) is 17.6 Å². The Hall–Kier alpha value is -1.43. The predicted octanol–water partition coefficient (Wildman–Crippen LogP) is 0.00610. The quantitative estimate of drug-likeness (QED) is 0.747. The number of carbonyl (C=O) groups excluding carboxylic acids is 2. The molecular formula is C13H20N2O4. The first-order chi connectivity index (χ1) is 9.06. The molecule has 106 valence electrons. The smallest absolute Gasteiger partial charge is 0.307 e. The van der Waals surface area contributed by atoms with Crippen LogP contribution in [0.4, 0.5) is 0 Å². The summed E-state index contributed by atoms with van der Waals surface area (Å²) in [6.45, 7) is 0.452. The average Bonchev–Trinajstić information content (AvgIpc) is 3.05. The van der Waals surface area contributed by atoms with Crippen LogP contribution < -0.4 is 5.73 Å². The molecule has 1 saturated heterocycles. The van der Waals surface area contributed by atoms with Gasteiger partial charge in [0.15, 0.2) is 5.78 Å². The second-order valence-electron chi connectivity index (χ2n) is 5.33. The Balaban J connectivity index is 2.10. The third-order valence-corrected chi connectivity index (χ3v) is 4.27. The summed E-state index contributed by atoms with van der Waals surface area (Å²) in [6, 6.07) is -0.457. The molecule has 1 aliphatic heterocycles. The molecule has 1 saturated carbocycles. The number of carboxylic acid groups (broad SMARTS) is 1. The number of likely N-dealkylation sites (tertiary alicyclic amines) is 1. The zero-order valence-corrected chi connectivity index (χ0v) is 10.9. The van der Waals surface area contributed by atoms with E-state index in [1.54, 1.807) is 0 Å². The zero-order valence-electron chi connectivity index (χ0n) is 10.9. The largest absolute Gasteiger partial charge is 0.481 e. The van der Waals surface area contributed by atoms with Gasteiger partial charge in [-0.2, -0.15) is 0 Å². The highest BCUT2D eigenvalue weighted by atomic mass is 16.4. The van der Waals surface area contributed by atoms with Crippen LogP contribution in [0.3, 0.4) is 0 Å². The maximum Gasteiger partial charge on any atom is 0.307 e. The highest BCUT2D eigenvalue weighted by Gasteiger charge is 2.43. The van der Waals surface area contributed by atoms with Gasteiger partial charge in [0.25, 0.3) is 0 Å². The van der Waals surface area contributed by atoms with Crippen LogP contribution >= 0.6 is 0 Å². The van der Waals surface area contributed by atoms with Crippen molar-refractivity contribution in [1.82, 2.24) is 4.90 Å². The summed E-state index contributed by atoms with van der Waals surface area (Å²) in [5, 5.41) is 9.14. The molecule has 1 aliphatic carbocycles. The van der Waals surface area contributed by atoms with E-state index in [9.17, 15) is 14.4 Å². The van der Waals surface area contributed by atoms with E-state index in [0.717, 1.165) is 12.8 Å². The van der Waals surface area contributed by atoms with Gasteiger partial charge in [-0.25, -0.2) is 0 Å². The van der Waals surface area contributed by atoms with Gasteiger partial charge < -0.3 is 15.7 Å². The summed E-state index contributed by atoms with van der Waals surface area (Å²) in [6.07, 6.45) is 3.37. The molecule has 0 unspecified atom stereocenters. The number of nitrogens with zero attached hydrogens (tertiary/aromatic N) is 1. The summed E-state index contributed by atoms with van der Waals surface area (Å²) in [5.41, 5.74) is 5.35. The molecule has 3 atom stereocenters. The van der Waals surface area contributed by atoms with Crippen molar-refractivity contribution in [3.63, 3.8) is 0 Å². The number of rotatable bonds is 4. The van der Waals surface area contributed by atoms with Crippen LogP contribution in [0.25, 0.3) is 0 Å². The minimum absolute atomic E-state index is 0.0794. The van der Waals surface area contributed by atoms with Crippen LogP contribution in [0, 0.1) is 11.8 Å². The molecule has 0 bridgehead atoms. The Labute approximate surface area is 111 Å². The first kappa shape index (κ1) is 14.0. The Morgan fingerprint density at radius 2 is 1.79 bits per heavy atom. The molecular weight excluding hydrogens is 248 g/mol. The normalized spacial score (nSPS) is 30.6. The number of carboxylic acids is 1. The first-order valence-electron chi connectivity index (χ1n) is 6.82. The molecule has 2 fully saturated rings. The number of hydrogen-bond donors (Lipinski definition) is 2. The maximum atomic E-state index is 12.5. The molecule has 0 aromatic carbocycles. The number of ketones is 1. The number of aliphatic carboxylic acids is 1. The van der Waals surface area contributed by atoms with E-state index < -0.39 is 23.8 Å². The summed E-state index contributed by atoms with van der Waals surface area (Å²) in [5.74, 6) is -2.22. The number of hydrogen-bond acceptors (Lipinski definition) is 4. The Morgan fingerprint density at radius 1 is 1.11 bits per heavy atom. The average molecular weight is 268 g/mol. The summed E-state index contributed by atoms with van der Waals surface area (Å²) in [7, 11) is 0. The van der Waals surface area contributed by atoms with E-state index in [4.69, 9.17) is 10.8 Å². The van der Waals surface area contributed by atoms with E-state index in [-0.39, 0.29) is 18.2 Å². The molecule has 6 heteroatoms. The molecule has 1 amide bonds. The van der Waals surface area contributed by atoms with Crippen molar-refractivity contribution in [1.29, 1.82) is 0 Å². The maximum absolute atomic E-state index is 12.5. The molecule has 0 aromatic heterocycles. The van der Waals surface area contributed by atoms with Gasteiger partial charge in [0.1, 0.15) is 0 Å². The van der Waals surface area contributed by atoms with Gasteiger partial charge >= 0.3 is 5.97 Å². The van der Waals surface area contributed by atoms with Crippen LogP contribution in [-0.4, -0.2) is 46.8 Å².